The van der Waals surface area contributed by atoms with Crippen LogP contribution in [0.1, 0.15) is 31.2 Å². The first-order chi connectivity index (χ1) is 9.15. The van der Waals surface area contributed by atoms with Crippen molar-refractivity contribution in [2.24, 2.45) is 5.92 Å². The van der Waals surface area contributed by atoms with Crippen LogP contribution in [0.25, 0.3) is 0 Å². The molecule has 0 spiro atoms. The lowest BCUT2D eigenvalue weighted by Gasteiger charge is -2.24. The van der Waals surface area contributed by atoms with Crippen molar-refractivity contribution in [1.82, 2.24) is 5.32 Å². The van der Waals surface area contributed by atoms with E-state index >= 15 is 0 Å². The number of aliphatic hydroxyl groups excluding tert-OH is 1. The van der Waals surface area contributed by atoms with Gasteiger partial charge >= 0.3 is 0 Å². The molecule has 1 aromatic carbocycles. The van der Waals surface area contributed by atoms with E-state index in [4.69, 9.17) is 0 Å². The number of hydrogen-bond donors (Lipinski definition) is 2. The maximum absolute atomic E-state index is 11.9. The monoisotopic (exact) mass is 325 g/mol. The summed E-state index contributed by atoms with van der Waals surface area (Å²) in [5.41, 5.74) is 1.22. The predicted octanol–water partition coefficient (Wildman–Crippen LogP) is 2.66. The lowest BCUT2D eigenvalue weighted by atomic mass is 9.87. The van der Waals surface area contributed by atoms with Crippen molar-refractivity contribution in [1.29, 1.82) is 0 Å². The molecule has 0 saturated heterocycles. The van der Waals surface area contributed by atoms with Gasteiger partial charge in [-0.3, -0.25) is 4.79 Å². The van der Waals surface area contributed by atoms with Gasteiger partial charge in [0, 0.05) is 16.9 Å². The van der Waals surface area contributed by atoms with Gasteiger partial charge in [0.25, 0.3) is 0 Å². The summed E-state index contributed by atoms with van der Waals surface area (Å²) in [4.78, 5) is 11.9. The molecule has 0 aromatic heterocycles. The third-order valence-electron chi connectivity index (χ3n) is 3.69. The summed E-state index contributed by atoms with van der Waals surface area (Å²) in [6.07, 6.45) is 3.78. The molecular formula is C15H20BrNO2. The van der Waals surface area contributed by atoms with Gasteiger partial charge in [-0.25, -0.2) is 0 Å². The van der Waals surface area contributed by atoms with Gasteiger partial charge < -0.3 is 10.4 Å². The van der Waals surface area contributed by atoms with Crippen LogP contribution in [0.5, 0.6) is 0 Å². The van der Waals surface area contributed by atoms with Gasteiger partial charge in [0.05, 0.1) is 6.10 Å². The Kier molecular flexibility index (Phi) is 5.40. The Morgan fingerprint density at radius 1 is 1.21 bits per heavy atom. The lowest BCUT2D eigenvalue weighted by Crippen LogP contribution is -2.35. The molecule has 0 unspecified atom stereocenters. The lowest BCUT2D eigenvalue weighted by molar-refractivity contribution is -0.126. The van der Waals surface area contributed by atoms with E-state index in [0.29, 0.717) is 6.54 Å². The fourth-order valence-corrected chi connectivity index (χ4v) is 2.73. The Bertz CT molecular complexity index is 411. The SMILES string of the molecule is O=C(NCCc1ccc(Br)cc1)C1CCC(O)CC1. The first-order valence-corrected chi connectivity index (χ1v) is 7.64. The topological polar surface area (TPSA) is 49.3 Å². The zero-order valence-corrected chi connectivity index (χ0v) is 12.5. The second-order valence-corrected chi connectivity index (χ2v) is 6.09. The number of benzene rings is 1. The number of aliphatic hydroxyl groups is 1. The average Bonchev–Trinajstić information content (AvgIpc) is 2.41. The zero-order chi connectivity index (χ0) is 13.7. The summed E-state index contributed by atoms with van der Waals surface area (Å²) < 4.78 is 1.07. The molecule has 1 aliphatic carbocycles. The molecule has 4 heteroatoms. The maximum atomic E-state index is 11.9. The van der Waals surface area contributed by atoms with E-state index in [9.17, 15) is 9.90 Å². The maximum Gasteiger partial charge on any atom is 0.223 e. The van der Waals surface area contributed by atoms with Crippen LogP contribution >= 0.6 is 15.9 Å². The smallest absolute Gasteiger partial charge is 0.223 e. The van der Waals surface area contributed by atoms with Crippen molar-refractivity contribution in [3.05, 3.63) is 34.3 Å². The Labute approximate surface area is 122 Å². The summed E-state index contributed by atoms with van der Waals surface area (Å²) in [7, 11) is 0. The van der Waals surface area contributed by atoms with Crippen molar-refractivity contribution in [3.8, 4) is 0 Å². The first kappa shape index (κ1) is 14.5. The molecular weight excluding hydrogens is 306 g/mol. The minimum absolute atomic E-state index is 0.0910. The zero-order valence-electron chi connectivity index (χ0n) is 10.9. The molecule has 104 valence electrons. The summed E-state index contributed by atoms with van der Waals surface area (Å²) in [5.74, 6) is 0.234. The Morgan fingerprint density at radius 2 is 1.84 bits per heavy atom. The minimum Gasteiger partial charge on any atom is -0.393 e. The molecule has 2 rings (SSSR count). The van der Waals surface area contributed by atoms with Crippen LogP contribution in [-0.2, 0) is 11.2 Å². The highest BCUT2D eigenvalue weighted by Crippen LogP contribution is 2.24. The highest BCUT2D eigenvalue weighted by atomic mass is 79.9. The first-order valence-electron chi connectivity index (χ1n) is 6.85. The molecule has 0 bridgehead atoms. The van der Waals surface area contributed by atoms with E-state index in [-0.39, 0.29) is 17.9 Å². The van der Waals surface area contributed by atoms with Crippen LogP contribution in [0.4, 0.5) is 0 Å². The number of nitrogens with one attached hydrogen (secondary N) is 1. The normalized spacial score (nSPS) is 23.1. The Morgan fingerprint density at radius 3 is 2.47 bits per heavy atom. The van der Waals surface area contributed by atoms with Gasteiger partial charge in [0.1, 0.15) is 0 Å². The number of rotatable bonds is 4. The fraction of sp³-hybridized carbons (Fsp3) is 0.533. The Balaban J connectivity index is 1.70. The van der Waals surface area contributed by atoms with Crippen molar-refractivity contribution in [3.63, 3.8) is 0 Å². The highest BCUT2D eigenvalue weighted by molar-refractivity contribution is 9.10. The van der Waals surface area contributed by atoms with Crippen LogP contribution < -0.4 is 5.32 Å². The molecule has 3 nitrogen and oxygen atoms in total. The molecule has 19 heavy (non-hydrogen) atoms. The van der Waals surface area contributed by atoms with Gasteiger partial charge in [-0.1, -0.05) is 28.1 Å². The molecule has 0 radical (unpaired) electrons. The summed E-state index contributed by atoms with van der Waals surface area (Å²) >= 11 is 3.40. The van der Waals surface area contributed by atoms with Crippen molar-refractivity contribution < 1.29 is 9.90 Å². The van der Waals surface area contributed by atoms with Gasteiger partial charge in [-0.05, 0) is 49.8 Å². The number of carbonyl (C=O) groups excluding carboxylic acids is 1. The Hall–Kier alpha value is -0.870. The van der Waals surface area contributed by atoms with E-state index in [1.54, 1.807) is 0 Å². The summed E-state index contributed by atoms with van der Waals surface area (Å²) in [6, 6.07) is 8.15. The van der Waals surface area contributed by atoms with Gasteiger partial charge in [-0.15, -0.1) is 0 Å². The largest absolute Gasteiger partial charge is 0.393 e. The van der Waals surface area contributed by atoms with Gasteiger partial charge in [0.2, 0.25) is 5.91 Å². The molecule has 1 saturated carbocycles. The fourth-order valence-electron chi connectivity index (χ4n) is 2.46. The van der Waals surface area contributed by atoms with Crippen LogP contribution in [0, 0.1) is 5.92 Å². The van der Waals surface area contributed by atoms with Crippen LogP contribution in [0.3, 0.4) is 0 Å². The molecule has 1 amide bonds. The standard InChI is InChI=1S/C15H20BrNO2/c16-13-5-1-11(2-6-13)9-10-17-15(19)12-3-7-14(18)8-4-12/h1-2,5-6,12,14,18H,3-4,7-10H2,(H,17,19). The van der Waals surface area contributed by atoms with Crippen molar-refractivity contribution in [2.45, 2.75) is 38.2 Å². The molecule has 1 aliphatic rings. The quantitative estimate of drug-likeness (QED) is 0.894. The number of halogens is 1. The van der Waals surface area contributed by atoms with Crippen LogP contribution in [0.15, 0.2) is 28.7 Å². The van der Waals surface area contributed by atoms with Gasteiger partial charge in [0.15, 0.2) is 0 Å². The molecule has 1 aromatic rings. The molecule has 1 fully saturated rings. The van der Waals surface area contributed by atoms with Crippen molar-refractivity contribution >= 4 is 21.8 Å². The minimum atomic E-state index is -0.202. The molecule has 0 aliphatic heterocycles. The summed E-state index contributed by atoms with van der Waals surface area (Å²) in [6.45, 7) is 0.680. The number of hydrogen-bond acceptors (Lipinski definition) is 2. The highest BCUT2D eigenvalue weighted by Gasteiger charge is 2.24. The van der Waals surface area contributed by atoms with Crippen molar-refractivity contribution in [2.75, 3.05) is 6.54 Å². The molecule has 0 atom stereocenters. The van der Waals surface area contributed by atoms with Gasteiger partial charge in [-0.2, -0.15) is 0 Å². The van der Waals surface area contributed by atoms with E-state index in [1.807, 2.05) is 12.1 Å². The molecule has 2 N–H and O–H groups in total. The van der Waals surface area contributed by atoms with Crippen LogP contribution in [0.2, 0.25) is 0 Å². The van der Waals surface area contributed by atoms with E-state index in [2.05, 4.69) is 33.4 Å². The third kappa shape index (κ3) is 4.62. The molecule has 0 heterocycles. The second-order valence-electron chi connectivity index (χ2n) is 5.17. The average molecular weight is 326 g/mol. The second kappa shape index (κ2) is 7.06. The predicted molar refractivity (Wildman–Crippen MR) is 78.8 cm³/mol. The number of amides is 1. The van der Waals surface area contributed by atoms with E-state index in [0.717, 1.165) is 36.6 Å². The van der Waals surface area contributed by atoms with E-state index in [1.165, 1.54) is 5.56 Å². The van der Waals surface area contributed by atoms with E-state index < -0.39 is 0 Å². The van der Waals surface area contributed by atoms with Crippen LogP contribution in [-0.4, -0.2) is 23.7 Å². The third-order valence-corrected chi connectivity index (χ3v) is 4.22. The summed E-state index contributed by atoms with van der Waals surface area (Å²) in [5, 5.41) is 12.4. The number of carbonyl (C=O) groups is 1.